The summed E-state index contributed by atoms with van der Waals surface area (Å²) >= 11 is 0. The highest BCUT2D eigenvalue weighted by molar-refractivity contribution is 6.39. The molecule has 424 valence electrons. The van der Waals surface area contributed by atoms with Crippen LogP contribution in [0.3, 0.4) is 0 Å². The molecule has 4 heterocycles. The molecule has 1 saturated carbocycles. The highest BCUT2D eigenvalue weighted by Gasteiger charge is 2.56. The first-order valence-corrected chi connectivity index (χ1v) is 27.5. The van der Waals surface area contributed by atoms with E-state index in [1.165, 1.54) is 17.6 Å². The fourth-order valence-electron chi connectivity index (χ4n) is 11.6. The van der Waals surface area contributed by atoms with E-state index in [2.05, 4.69) is 24.7 Å². The third-order valence-corrected chi connectivity index (χ3v) is 16.2. The number of rotatable bonds is 23. The Hall–Kier alpha value is -3.94. The molecule has 5 rings (SSSR count). The number of carbonyl (C=O) groups is 6. The van der Waals surface area contributed by atoms with Gasteiger partial charge in [0.25, 0.3) is 11.7 Å². The maximum absolute atomic E-state index is 14.3. The molecule has 75 heavy (non-hydrogen) atoms. The van der Waals surface area contributed by atoms with Crippen LogP contribution in [-0.2, 0) is 57.2 Å². The van der Waals surface area contributed by atoms with Crippen LogP contribution in [-0.4, -0.2) is 169 Å². The number of methoxy groups -OCH3 is 3. The molecular formula is C58H92N2O15. The lowest BCUT2D eigenvalue weighted by Crippen LogP contribution is -2.64. The van der Waals surface area contributed by atoms with Crippen molar-refractivity contribution < 1.29 is 72.5 Å². The predicted octanol–water partition coefficient (Wildman–Crippen LogP) is 6.29. The summed E-state index contributed by atoms with van der Waals surface area (Å²) < 4.78 is 33.6. The summed E-state index contributed by atoms with van der Waals surface area (Å²) in [6.45, 7) is 16.0. The van der Waals surface area contributed by atoms with Crippen LogP contribution in [0.4, 0.5) is 0 Å². The number of aliphatic hydroxyl groups is 3. The minimum atomic E-state index is -2.34. The third-order valence-electron chi connectivity index (χ3n) is 16.2. The molecule has 17 nitrogen and oxygen atoms in total. The normalized spacial score (nSPS) is 31.9. The summed E-state index contributed by atoms with van der Waals surface area (Å²) in [6, 6.07) is -1.14. The molecule has 0 aromatic rings. The number of Topliss-reactive ketones (excluding diaryl/α,β-unsaturated/α-hetero) is 3. The second kappa shape index (κ2) is 30.3. The number of fused-ring (bicyclic) bond motifs is 1. The molecule has 4 aliphatic heterocycles. The van der Waals surface area contributed by atoms with Crippen LogP contribution in [0.15, 0.2) is 47.6 Å². The van der Waals surface area contributed by atoms with Crippen LogP contribution in [0.1, 0.15) is 132 Å². The van der Waals surface area contributed by atoms with Crippen molar-refractivity contribution >= 4 is 35.2 Å². The number of carbonyl (C=O) groups excluding carboxylic acids is 6. The monoisotopic (exact) mass is 1060 g/mol. The van der Waals surface area contributed by atoms with Gasteiger partial charge in [0.1, 0.15) is 36.2 Å². The van der Waals surface area contributed by atoms with Gasteiger partial charge in [0.15, 0.2) is 5.78 Å². The number of likely N-dealkylation sites (tertiary alicyclic amines) is 2. The van der Waals surface area contributed by atoms with Gasteiger partial charge >= 0.3 is 11.9 Å². The fourth-order valence-corrected chi connectivity index (χ4v) is 11.6. The number of β-amino-alcohol motifs (C(OH)–C–C–N with tert-alkyl or cyclic N) is 1. The zero-order valence-electron chi connectivity index (χ0n) is 47.1. The number of hydrogen-bond acceptors (Lipinski definition) is 16. The number of allylic oxidation sites excluding steroid dienone is 7. The van der Waals surface area contributed by atoms with Crippen LogP contribution in [0.25, 0.3) is 0 Å². The molecule has 4 saturated heterocycles. The van der Waals surface area contributed by atoms with Gasteiger partial charge in [-0.2, -0.15) is 0 Å². The van der Waals surface area contributed by atoms with Crippen molar-refractivity contribution in [2.24, 2.45) is 41.4 Å². The van der Waals surface area contributed by atoms with E-state index in [1.54, 1.807) is 55.1 Å². The molecular weight excluding hydrogens is 965 g/mol. The minimum Gasteiger partial charge on any atom is -0.460 e. The van der Waals surface area contributed by atoms with E-state index in [9.17, 15) is 44.1 Å². The van der Waals surface area contributed by atoms with Crippen LogP contribution in [0, 0.1) is 41.4 Å². The van der Waals surface area contributed by atoms with Crippen LogP contribution >= 0.6 is 0 Å². The Balaban J connectivity index is 0.00000396. The maximum Gasteiger partial charge on any atom is 0.329 e. The molecule has 17 heteroatoms. The smallest absolute Gasteiger partial charge is 0.329 e. The number of hydrogen-bond donors (Lipinski definition) is 3. The minimum absolute atomic E-state index is 0.0150. The molecule has 0 spiro atoms. The largest absolute Gasteiger partial charge is 0.460 e. The van der Waals surface area contributed by atoms with Gasteiger partial charge in [0, 0.05) is 78.2 Å². The van der Waals surface area contributed by atoms with Crippen molar-refractivity contribution in [2.75, 3.05) is 54.6 Å². The average Bonchev–Trinajstić information content (AvgIpc) is 3.79. The zero-order valence-corrected chi connectivity index (χ0v) is 47.1. The lowest BCUT2D eigenvalue weighted by atomic mass is 9.68. The number of aliphatic hydroxyl groups excluding tert-OH is 2. The van der Waals surface area contributed by atoms with Gasteiger partial charge in [-0.05, 0) is 115 Å². The fraction of sp³-hybridized carbons (Fsp3) is 0.759. The summed E-state index contributed by atoms with van der Waals surface area (Å²) in [4.78, 5) is 86.5. The quantitative estimate of drug-likeness (QED) is 0.0442. The van der Waals surface area contributed by atoms with Gasteiger partial charge in [-0.1, -0.05) is 76.6 Å². The van der Waals surface area contributed by atoms with E-state index in [0.717, 1.165) is 6.42 Å². The van der Waals surface area contributed by atoms with Gasteiger partial charge in [0.05, 0.1) is 24.9 Å². The number of esters is 2. The van der Waals surface area contributed by atoms with Crippen molar-refractivity contribution in [1.82, 2.24) is 9.80 Å². The lowest BCUT2D eigenvalue weighted by molar-refractivity contribution is -0.260. The Morgan fingerprint density at radius 1 is 0.920 bits per heavy atom. The number of ketones is 3. The second-order valence-corrected chi connectivity index (χ2v) is 22.2. The van der Waals surface area contributed by atoms with E-state index in [-0.39, 0.29) is 48.9 Å². The molecule has 5 aliphatic rings. The van der Waals surface area contributed by atoms with Crippen LogP contribution < -0.4 is 0 Å². The van der Waals surface area contributed by atoms with Crippen molar-refractivity contribution in [3.05, 3.63) is 47.6 Å². The molecule has 0 aromatic carbocycles. The Morgan fingerprint density at radius 2 is 1.63 bits per heavy atom. The van der Waals surface area contributed by atoms with E-state index in [0.29, 0.717) is 82.9 Å². The van der Waals surface area contributed by atoms with Crippen molar-refractivity contribution in [2.45, 2.75) is 187 Å². The molecule has 1 amide bonds. The molecule has 9 unspecified atom stereocenters. The highest BCUT2D eigenvalue weighted by atomic mass is 16.6. The average molecular weight is 1060 g/mol. The number of nitrogens with zero attached hydrogens (tertiary/aromatic N) is 2. The van der Waals surface area contributed by atoms with E-state index >= 15 is 0 Å². The van der Waals surface area contributed by atoms with Gasteiger partial charge in [-0.25, -0.2) is 4.79 Å². The first-order chi connectivity index (χ1) is 35.5. The molecule has 0 aromatic heterocycles. The number of cyclic esters (lactones) is 1. The zero-order chi connectivity index (χ0) is 55.7. The van der Waals surface area contributed by atoms with Gasteiger partial charge in [0.2, 0.25) is 5.79 Å². The van der Waals surface area contributed by atoms with E-state index in [1.807, 2.05) is 43.1 Å². The third kappa shape index (κ3) is 17.5. The summed E-state index contributed by atoms with van der Waals surface area (Å²) in [5.74, 6) is -8.80. The molecule has 1 aliphatic carbocycles. The lowest BCUT2D eigenvalue weighted by Gasteiger charge is -2.50. The Labute approximate surface area is 446 Å². The Kier molecular flexibility index (Phi) is 25.7. The number of ether oxygens (including phenoxy) is 6. The predicted molar refractivity (Wildman–Crippen MR) is 283 cm³/mol. The summed E-state index contributed by atoms with van der Waals surface area (Å²) in [7, 11) is 6.20. The standard InChI is InChI=1S/C56H86N2O14.C2H6O/c1-11-33(2)16-13-12-14-17-34(3)26-36(5)50(62)52(69-10)51(63)37(6)27-35(4)44(60)30-46-43(28-40-21-22-45(47(29-40)68-9)70-48(61)32-57-25-23-41(59)31-57)42-18-15-24-58(49(42)55(66)71-46)54(65)53(64)56(67)38(7)19-20-39(8)72-56;1-3-2/h12-14,16-17,27,34-36,38-43,45-47,49,51-52,59,63,67H,11,15,18-26,28-32H2,1-10H3;1-2H3/b13-12+,17-14+,33-16+,37-27+;/t34-,35-,36?,38?,39-,40?,41?,42?,43+,45-,46+,47?,49?,51?,52+,56?;/m1./s1. The molecule has 5 fully saturated rings. The molecule has 16 atom stereocenters. The first-order valence-electron chi connectivity index (χ1n) is 27.5. The Bertz CT molecular complexity index is 2040. The molecule has 0 radical (unpaired) electrons. The first kappa shape index (κ1) is 63.6. The number of amides is 1. The van der Waals surface area contributed by atoms with Gasteiger partial charge in [-0.15, -0.1) is 0 Å². The van der Waals surface area contributed by atoms with Crippen LogP contribution in [0.2, 0.25) is 0 Å². The summed E-state index contributed by atoms with van der Waals surface area (Å²) in [5, 5.41) is 33.0. The van der Waals surface area contributed by atoms with Crippen molar-refractivity contribution in [3.63, 3.8) is 0 Å². The van der Waals surface area contributed by atoms with Crippen LogP contribution in [0.5, 0.6) is 0 Å². The maximum atomic E-state index is 14.3. The molecule has 3 N–H and O–H groups in total. The highest BCUT2D eigenvalue weighted by Crippen LogP contribution is 2.45. The summed E-state index contributed by atoms with van der Waals surface area (Å²) in [5.41, 5.74) is 1.66. The second-order valence-electron chi connectivity index (χ2n) is 22.2. The SMILES string of the molecule is CC/C(C)=C/C=C/C=C/[C@@H](C)CC(C)C(=O)[C@H](OC)C(O)/C(C)=C/[C@@H](C)C(=O)C[C@@H]1OC(=O)C2C(CCCN2C(=O)C(=O)C2(O)O[C@H](C)CCC2C)[C@@H]1CC1CC[C@@H](OC(=O)CN2CCC(O)C2)C(OC)C1.COC. The molecule has 0 bridgehead atoms. The summed E-state index contributed by atoms with van der Waals surface area (Å²) in [6.07, 6.45) is 12.6. The van der Waals surface area contributed by atoms with Crippen molar-refractivity contribution in [1.29, 1.82) is 0 Å². The topological polar surface area (TPSA) is 225 Å². The van der Waals surface area contributed by atoms with E-state index in [4.69, 9.17) is 23.7 Å². The van der Waals surface area contributed by atoms with E-state index < -0.39 is 102 Å². The van der Waals surface area contributed by atoms with Crippen molar-refractivity contribution in [3.8, 4) is 0 Å². The Morgan fingerprint density at radius 3 is 2.27 bits per heavy atom. The number of piperidine rings is 1. The van der Waals surface area contributed by atoms with Gasteiger partial charge < -0.3 is 48.6 Å². The van der Waals surface area contributed by atoms with Gasteiger partial charge in [-0.3, -0.25) is 28.9 Å².